The van der Waals surface area contributed by atoms with Crippen LogP contribution in [0.15, 0.2) is 51.7 Å². The number of ether oxygens (including phenoxy) is 1. The molecular weight excluding hydrogens is 334 g/mol. The number of rotatable bonds is 4. The first kappa shape index (κ1) is 16.0. The van der Waals surface area contributed by atoms with Crippen LogP contribution >= 0.6 is 11.6 Å². The Morgan fingerprint density at radius 1 is 1.21 bits per heavy atom. The average Bonchev–Trinajstić information content (AvgIpc) is 2.54. The van der Waals surface area contributed by atoms with E-state index in [0.29, 0.717) is 27.3 Å². The molecule has 0 saturated carbocycles. The van der Waals surface area contributed by atoms with Crippen LogP contribution in [0.25, 0.3) is 11.0 Å². The van der Waals surface area contributed by atoms with Crippen molar-refractivity contribution >= 4 is 28.3 Å². The standard InChI is InChI=1S/C17H12ClNO5/c1-10-6-16-14(8-15(10)18)11(7-17(20)24-16)9-23-13-4-2-12(3-5-13)19(21)22/h2-8H,9H2,1H3. The zero-order chi connectivity index (χ0) is 17.3. The molecule has 0 amide bonds. The lowest BCUT2D eigenvalue weighted by atomic mass is 10.1. The number of benzene rings is 2. The van der Waals surface area contributed by atoms with Gasteiger partial charge in [0.25, 0.3) is 5.69 Å². The fourth-order valence-corrected chi connectivity index (χ4v) is 2.46. The molecule has 3 aromatic rings. The van der Waals surface area contributed by atoms with Gasteiger partial charge in [0.05, 0.1) is 4.92 Å². The Kier molecular flexibility index (Phi) is 4.22. The van der Waals surface area contributed by atoms with Crippen molar-refractivity contribution in [3.63, 3.8) is 0 Å². The molecular formula is C17H12ClNO5. The van der Waals surface area contributed by atoms with Crippen molar-refractivity contribution in [2.45, 2.75) is 13.5 Å². The minimum absolute atomic E-state index is 0.0181. The van der Waals surface area contributed by atoms with Crippen LogP contribution in [0.2, 0.25) is 5.02 Å². The Labute approximate surface area is 141 Å². The summed E-state index contributed by atoms with van der Waals surface area (Å²) in [6, 6.07) is 10.5. The smallest absolute Gasteiger partial charge is 0.336 e. The number of aryl methyl sites for hydroxylation is 1. The molecule has 0 aliphatic carbocycles. The van der Waals surface area contributed by atoms with E-state index in [-0.39, 0.29) is 12.3 Å². The molecule has 0 unspecified atom stereocenters. The van der Waals surface area contributed by atoms with Crippen LogP contribution in [0.1, 0.15) is 11.1 Å². The van der Waals surface area contributed by atoms with Crippen LogP contribution in [-0.2, 0) is 6.61 Å². The molecule has 2 aromatic carbocycles. The highest BCUT2D eigenvalue weighted by molar-refractivity contribution is 6.32. The fourth-order valence-electron chi connectivity index (χ4n) is 2.29. The van der Waals surface area contributed by atoms with E-state index in [4.69, 9.17) is 20.8 Å². The molecule has 0 N–H and O–H groups in total. The Morgan fingerprint density at radius 2 is 1.92 bits per heavy atom. The van der Waals surface area contributed by atoms with Crippen molar-refractivity contribution in [1.29, 1.82) is 0 Å². The van der Waals surface area contributed by atoms with Crippen LogP contribution in [0.3, 0.4) is 0 Å². The number of nitro benzene ring substituents is 1. The maximum absolute atomic E-state index is 11.7. The van der Waals surface area contributed by atoms with Crippen LogP contribution in [0, 0.1) is 17.0 Å². The first-order valence-corrected chi connectivity index (χ1v) is 7.42. The van der Waals surface area contributed by atoms with Crippen LogP contribution in [0.5, 0.6) is 5.75 Å². The highest BCUT2D eigenvalue weighted by Crippen LogP contribution is 2.26. The minimum Gasteiger partial charge on any atom is -0.489 e. The zero-order valence-corrected chi connectivity index (χ0v) is 13.4. The molecule has 0 saturated heterocycles. The van der Waals surface area contributed by atoms with E-state index >= 15 is 0 Å². The molecule has 0 aliphatic rings. The average molecular weight is 346 g/mol. The lowest BCUT2D eigenvalue weighted by molar-refractivity contribution is -0.384. The molecule has 1 aromatic heterocycles. The minimum atomic E-state index is -0.482. The largest absolute Gasteiger partial charge is 0.489 e. The summed E-state index contributed by atoms with van der Waals surface area (Å²) < 4.78 is 10.8. The summed E-state index contributed by atoms with van der Waals surface area (Å²) in [5.74, 6) is 0.459. The zero-order valence-electron chi connectivity index (χ0n) is 12.6. The van der Waals surface area contributed by atoms with Gasteiger partial charge in [-0.1, -0.05) is 11.6 Å². The Balaban J connectivity index is 1.90. The van der Waals surface area contributed by atoms with Crippen molar-refractivity contribution < 1.29 is 14.1 Å². The molecule has 122 valence electrons. The van der Waals surface area contributed by atoms with Gasteiger partial charge in [-0.2, -0.15) is 0 Å². The quantitative estimate of drug-likeness (QED) is 0.401. The van der Waals surface area contributed by atoms with Crippen molar-refractivity contribution in [1.82, 2.24) is 0 Å². The molecule has 24 heavy (non-hydrogen) atoms. The number of halogens is 1. The molecule has 0 atom stereocenters. The van der Waals surface area contributed by atoms with Gasteiger partial charge < -0.3 is 9.15 Å². The lowest BCUT2D eigenvalue weighted by Gasteiger charge is -2.09. The van der Waals surface area contributed by atoms with E-state index in [2.05, 4.69) is 0 Å². The van der Waals surface area contributed by atoms with Gasteiger partial charge in [0.15, 0.2) is 0 Å². The molecule has 6 nitrogen and oxygen atoms in total. The maximum Gasteiger partial charge on any atom is 0.336 e. The first-order valence-electron chi connectivity index (χ1n) is 7.04. The third-order valence-electron chi connectivity index (χ3n) is 3.55. The molecule has 1 heterocycles. The lowest BCUT2D eigenvalue weighted by Crippen LogP contribution is -2.04. The van der Waals surface area contributed by atoms with E-state index in [1.165, 1.54) is 30.3 Å². The van der Waals surface area contributed by atoms with E-state index < -0.39 is 10.5 Å². The van der Waals surface area contributed by atoms with Crippen LogP contribution in [0.4, 0.5) is 5.69 Å². The number of hydrogen-bond donors (Lipinski definition) is 0. The molecule has 0 aliphatic heterocycles. The summed E-state index contributed by atoms with van der Waals surface area (Å²) in [7, 11) is 0. The third kappa shape index (κ3) is 3.23. The summed E-state index contributed by atoms with van der Waals surface area (Å²) in [5, 5.41) is 11.9. The molecule has 7 heteroatoms. The van der Waals surface area contributed by atoms with Crippen molar-refractivity contribution in [2.75, 3.05) is 0 Å². The monoisotopic (exact) mass is 345 g/mol. The normalized spacial score (nSPS) is 10.8. The van der Waals surface area contributed by atoms with E-state index in [1.54, 1.807) is 12.1 Å². The highest BCUT2D eigenvalue weighted by Gasteiger charge is 2.10. The van der Waals surface area contributed by atoms with Gasteiger partial charge in [-0.15, -0.1) is 0 Å². The number of nitrogens with zero attached hydrogens (tertiary/aromatic N) is 1. The summed E-state index contributed by atoms with van der Waals surface area (Å²) in [4.78, 5) is 21.9. The SMILES string of the molecule is Cc1cc2oc(=O)cc(COc3ccc([N+](=O)[O-])cc3)c2cc1Cl. The number of non-ortho nitro benzene ring substituents is 1. The second kappa shape index (κ2) is 6.33. The van der Waals surface area contributed by atoms with E-state index in [9.17, 15) is 14.9 Å². The third-order valence-corrected chi connectivity index (χ3v) is 3.96. The molecule has 0 bridgehead atoms. The summed E-state index contributed by atoms with van der Waals surface area (Å²) in [6.07, 6.45) is 0. The number of hydrogen-bond acceptors (Lipinski definition) is 5. The van der Waals surface area contributed by atoms with Crippen molar-refractivity contribution in [3.05, 3.63) is 79.1 Å². The summed E-state index contributed by atoms with van der Waals surface area (Å²) >= 11 is 6.14. The van der Waals surface area contributed by atoms with Gasteiger partial charge in [-0.3, -0.25) is 10.1 Å². The second-order valence-corrected chi connectivity index (χ2v) is 5.64. The van der Waals surface area contributed by atoms with E-state index in [0.717, 1.165) is 5.56 Å². The molecule has 3 rings (SSSR count). The number of nitro groups is 1. The fraction of sp³-hybridized carbons (Fsp3) is 0.118. The summed E-state index contributed by atoms with van der Waals surface area (Å²) in [5.41, 5.74) is 1.37. The van der Waals surface area contributed by atoms with Gasteiger partial charge >= 0.3 is 5.63 Å². The predicted molar refractivity (Wildman–Crippen MR) is 89.7 cm³/mol. The van der Waals surface area contributed by atoms with Crippen molar-refractivity contribution in [3.8, 4) is 5.75 Å². The molecule has 0 fully saturated rings. The Hall–Kier alpha value is -2.86. The van der Waals surface area contributed by atoms with Crippen LogP contribution in [-0.4, -0.2) is 4.92 Å². The molecule has 0 radical (unpaired) electrons. The van der Waals surface area contributed by atoms with Gasteiger partial charge in [-0.05, 0) is 36.8 Å². The number of fused-ring (bicyclic) bond motifs is 1. The van der Waals surface area contributed by atoms with Gasteiger partial charge in [0.1, 0.15) is 17.9 Å². The Morgan fingerprint density at radius 3 is 2.58 bits per heavy atom. The Bertz CT molecular complexity index is 979. The molecule has 0 spiro atoms. The van der Waals surface area contributed by atoms with E-state index in [1.807, 2.05) is 6.92 Å². The van der Waals surface area contributed by atoms with Crippen molar-refractivity contribution in [2.24, 2.45) is 0 Å². The van der Waals surface area contributed by atoms with Gasteiger partial charge in [0.2, 0.25) is 0 Å². The first-order chi connectivity index (χ1) is 11.4. The topological polar surface area (TPSA) is 82.6 Å². The highest BCUT2D eigenvalue weighted by atomic mass is 35.5. The van der Waals surface area contributed by atoms with Crippen LogP contribution < -0.4 is 10.4 Å². The predicted octanol–water partition coefficient (Wildman–Crippen LogP) is 4.24. The maximum atomic E-state index is 11.7. The van der Waals surface area contributed by atoms with Gasteiger partial charge in [0, 0.05) is 34.2 Å². The summed E-state index contributed by atoms with van der Waals surface area (Å²) in [6.45, 7) is 1.93. The second-order valence-electron chi connectivity index (χ2n) is 5.23. The van der Waals surface area contributed by atoms with Gasteiger partial charge in [-0.25, -0.2) is 4.79 Å².